The van der Waals surface area contributed by atoms with Crippen molar-refractivity contribution < 1.29 is 28.2 Å². The van der Waals surface area contributed by atoms with Gasteiger partial charge in [0.15, 0.2) is 23.8 Å². The molecule has 1 aromatic heterocycles. The fraction of sp³-hybridized carbons (Fsp3) is 0.412. The smallest absolute Gasteiger partial charge is 0.273 e. The van der Waals surface area contributed by atoms with Gasteiger partial charge in [-0.25, -0.2) is 4.98 Å². The molecule has 0 radical (unpaired) electrons. The van der Waals surface area contributed by atoms with Crippen molar-refractivity contribution >= 4 is 5.91 Å². The summed E-state index contributed by atoms with van der Waals surface area (Å²) in [6, 6.07) is 5.29. The maximum atomic E-state index is 12.1. The van der Waals surface area contributed by atoms with E-state index in [1.165, 1.54) is 6.26 Å². The Hall–Kier alpha value is -2.74. The van der Waals surface area contributed by atoms with E-state index in [1.54, 1.807) is 18.2 Å². The number of carbonyl (C=O) groups excluding carboxylic acids is 1. The molecule has 1 atom stereocenters. The van der Waals surface area contributed by atoms with E-state index >= 15 is 0 Å². The number of fused-ring (bicyclic) bond motifs is 1. The number of nitrogens with one attached hydrogen (secondary N) is 1. The van der Waals surface area contributed by atoms with E-state index in [4.69, 9.17) is 23.4 Å². The molecule has 4 rings (SSSR count). The van der Waals surface area contributed by atoms with Crippen LogP contribution >= 0.6 is 0 Å². The maximum absolute atomic E-state index is 12.1. The van der Waals surface area contributed by atoms with Crippen molar-refractivity contribution in [2.45, 2.75) is 13.0 Å². The molecule has 1 unspecified atom stereocenters. The Morgan fingerprint density at radius 3 is 3.12 bits per heavy atom. The first-order chi connectivity index (χ1) is 12.3. The van der Waals surface area contributed by atoms with Gasteiger partial charge in [0.1, 0.15) is 12.0 Å². The van der Waals surface area contributed by atoms with Crippen LogP contribution in [0.2, 0.25) is 0 Å². The molecule has 1 N–H and O–H groups in total. The molecule has 2 aliphatic heterocycles. The molecule has 3 heterocycles. The third kappa shape index (κ3) is 3.69. The molecule has 2 aliphatic rings. The van der Waals surface area contributed by atoms with Gasteiger partial charge in [-0.2, -0.15) is 0 Å². The molecular weight excluding hydrogens is 328 g/mol. The van der Waals surface area contributed by atoms with Crippen molar-refractivity contribution in [1.82, 2.24) is 10.3 Å². The molecular formula is C17H18N2O6. The van der Waals surface area contributed by atoms with Gasteiger partial charge in [0, 0.05) is 25.1 Å². The standard InChI is InChI=1S/C17H18N2O6/c20-17(18-6-11-3-4-21-7-11)13-8-23-16(19-13)9-22-12-1-2-14-15(5-12)25-10-24-14/h1-2,5,8,11H,3-4,6-7,9-10H2,(H,18,20). The van der Waals surface area contributed by atoms with Gasteiger partial charge >= 0.3 is 0 Å². The summed E-state index contributed by atoms with van der Waals surface area (Å²) < 4.78 is 26.7. The largest absolute Gasteiger partial charge is 0.484 e. The first kappa shape index (κ1) is 15.8. The van der Waals surface area contributed by atoms with E-state index < -0.39 is 0 Å². The van der Waals surface area contributed by atoms with Crippen LogP contribution in [-0.4, -0.2) is 37.4 Å². The van der Waals surface area contributed by atoms with Gasteiger partial charge in [-0.15, -0.1) is 0 Å². The minimum absolute atomic E-state index is 0.114. The fourth-order valence-electron chi connectivity index (χ4n) is 2.67. The van der Waals surface area contributed by atoms with Crippen LogP contribution in [0, 0.1) is 5.92 Å². The van der Waals surface area contributed by atoms with E-state index in [1.807, 2.05) is 0 Å². The number of hydrogen-bond donors (Lipinski definition) is 1. The average Bonchev–Trinajstić information content (AvgIpc) is 3.39. The van der Waals surface area contributed by atoms with E-state index in [-0.39, 0.29) is 25.0 Å². The number of rotatable bonds is 6. The van der Waals surface area contributed by atoms with Gasteiger partial charge in [-0.1, -0.05) is 0 Å². The second-order valence-corrected chi connectivity index (χ2v) is 5.87. The molecule has 8 heteroatoms. The number of aromatic nitrogens is 1. The van der Waals surface area contributed by atoms with Crippen LogP contribution in [0.3, 0.4) is 0 Å². The third-order valence-corrected chi connectivity index (χ3v) is 4.07. The van der Waals surface area contributed by atoms with Crippen LogP contribution < -0.4 is 19.5 Å². The predicted octanol–water partition coefficient (Wildman–Crippen LogP) is 1.75. The van der Waals surface area contributed by atoms with E-state index in [9.17, 15) is 4.79 Å². The van der Waals surface area contributed by atoms with Gasteiger partial charge in [0.05, 0.1) is 6.61 Å². The average molecular weight is 346 g/mol. The highest BCUT2D eigenvalue weighted by atomic mass is 16.7. The summed E-state index contributed by atoms with van der Waals surface area (Å²) >= 11 is 0. The second kappa shape index (κ2) is 7.02. The summed E-state index contributed by atoms with van der Waals surface area (Å²) in [7, 11) is 0. The van der Waals surface area contributed by atoms with Crippen molar-refractivity contribution in [2.75, 3.05) is 26.6 Å². The van der Waals surface area contributed by atoms with E-state index in [2.05, 4.69) is 10.3 Å². The van der Waals surface area contributed by atoms with Gasteiger partial charge in [0.2, 0.25) is 12.7 Å². The lowest BCUT2D eigenvalue weighted by molar-refractivity contribution is 0.0940. The van der Waals surface area contributed by atoms with E-state index in [0.29, 0.717) is 42.2 Å². The minimum Gasteiger partial charge on any atom is -0.484 e. The van der Waals surface area contributed by atoms with Crippen LogP contribution in [-0.2, 0) is 11.3 Å². The molecule has 1 aromatic carbocycles. The summed E-state index contributed by atoms with van der Waals surface area (Å²) in [6.45, 7) is 2.35. The molecule has 2 aromatic rings. The van der Waals surface area contributed by atoms with Gasteiger partial charge < -0.3 is 28.7 Å². The molecule has 132 valence electrons. The number of carbonyl (C=O) groups is 1. The molecule has 0 saturated carbocycles. The highest BCUT2D eigenvalue weighted by molar-refractivity contribution is 5.91. The first-order valence-electron chi connectivity index (χ1n) is 8.11. The molecule has 1 amide bonds. The minimum atomic E-state index is -0.259. The SMILES string of the molecule is O=C(NCC1CCOC1)c1coc(COc2ccc3c(c2)OCO3)n1. The third-order valence-electron chi connectivity index (χ3n) is 4.07. The monoisotopic (exact) mass is 346 g/mol. The Morgan fingerprint density at radius 1 is 1.32 bits per heavy atom. The van der Waals surface area contributed by atoms with Gasteiger partial charge in [-0.3, -0.25) is 4.79 Å². The Morgan fingerprint density at radius 2 is 2.24 bits per heavy atom. The van der Waals surface area contributed by atoms with Crippen LogP contribution in [0.15, 0.2) is 28.9 Å². The summed E-state index contributed by atoms with van der Waals surface area (Å²) in [4.78, 5) is 16.2. The number of oxazole rings is 1. The molecule has 0 bridgehead atoms. The summed E-state index contributed by atoms with van der Waals surface area (Å²) in [5, 5.41) is 2.84. The zero-order valence-electron chi connectivity index (χ0n) is 13.5. The second-order valence-electron chi connectivity index (χ2n) is 5.87. The molecule has 8 nitrogen and oxygen atoms in total. The Balaban J connectivity index is 1.29. The number of nitrogens with zero attached hydrogens (tertiary/aromatic N) is 1. The van der Waals surface area contributed by atoms with Crippen LogP contribution in [0.5, 0.6) is 17.2 Å². The number of hydrogen-bond acceptors (Lipinski definition) is 7. The van der Waals surface area contributed by atoms with Crippen molar-refractivity contribution in [3.8, 4) is 17.2 Å². The van der Waals surface area contributed by atoms with Crippen molar-refractivity contribution in [1.29, 1.82) is 0 Å². The molecule has 0 spiro atoms. The molecule has 25 heavy (non-hydrogen) atoms. The Kier molecular flexibility index (Phi) is 4.43. The van der Waals surface area contributed by atoms with Crippen LogP contribution in [0.4, 0.5) is 0 Å². The van der Waals surface area contributed by atoms with Crippen molar-refractivity contribution in [3.63, 3.8) is 0 Å². The van der Waals surface area contributed by atoms with Crippen LogP contribution in [0.1, 0.15) is 22.8 Å². The normalized spacial score (nSPS) is 18.3. The lowest BCUT2D eigenvalue weighted by Gasteiger charge is -2.07. The molecule has 1 fully saturated rings. The summed E-state index contributed by atoms with van der Waals surface area (Å²) in [5.74, 6) is 2.37. The molecule has 1 saturated heterocycles. The highest BCUT2D eigenvalue weighted by Gasteiger charge is 2.19. The maximum Gasteiger partial charge on any atom is 0.273 e. The summed E-state index contributed by atoms with van der Waals surface area (Å²) in [6.07, 6.45) is 2.30. The lowest BCUT2D eigenvalue weighted by Crippen LogP contribution is -2.29. The number of ether oxygens (including phenoxy) is 4. The van der Waals surface area contributed by atoms with Crippen molar-refractivity contribution in [3.05, 3.63) is 36.0 Å². The lowest BCUT2D eigenvalue weighted by atomic mass is 10.1. The van der Waals surface area contributed by atoms with Gasteiger partial charge in [-0.05, 0) is 18.6 Å². The fourth-order valence-corrected chi connectivity index (χ4v) is 2.67. The number of amides is 1. The zero-order chi connectivity index (χ0) is 17.1. The summed E-state index contributed by atoms with van der Waals surface area (Å²) in [5.41, 5.74) is 0.239. The zero-order valence-corrected chi connectivity index (χ0v) is 13.5. The number of benzene rings is 1. The van der Waals surface area contributed by atoms with Crippen LogP contribution in [0.25, 0.3) is 0 Å². The molecule has 0 aliphatic carbocycles. The topological polar surface area (TPSA) is 92.1 Å². The predicted molar refractivity (Wildman–Crippen MR) is 84.7 cm³/mol. The van der Waals surface area contributed by atoms with E-state index in [0.717, 1.165) is 13.0 Å². The van der Waals surface area contributed by atoms with Crippen molar-refractivity contribution in [2.24, 2.45) is 5.92 Å². The van der Waals surface area contributed by atoms with Gasteiger partial charge in [0.25, 0.3) is 5.91 Å². The quantitative estimate of drug-likeness (QED) is 0.852. The first-order valence-corrected chi connectivity index (χ1v) is 8.11. The highest BCUT2D eigenvalue weighted by Crippen LogP contribution is 2.35. The Bertz CT molecular complexity index is 753. The Labute approximate surface area is 144 Å².